The smallest absolute Gasteiger partial charge is 0.253 e. The molecule has 1 saturated heterocycles. The second-order valence-corrected chi connectivity index (χ2v) is 11.6. The van der Waals surface area contributed by atoms with E-state index >= 15 is 0 Å². The van der Waals surface area contributed by atoms with Gasteiger partial charge < -0.3 is 9.64 Å². The Morgan fingerprint density at radius 3 is 2.34 bits per heavy atom. The van der Waals surface area contributed by atoms with Crippen molar-refractivity contribution in [2.45, 2.75) is 24.1 Å². The average Bonchev–Trinajstić information content (AvgIpc) is 2.93. The molecule has 1 aromatic heterocycles. The summed E-state index contributed by atoms with van der Waals surface area (Å²) in [4.78, 5) is 21.8. The third-order valence-electron chi connectivity index (χ3n) is 7.01. The van der Waals surface area contributed by atoms with E-state index in [9.17, 15) is 13.2 Å². The highest BCUT2D eigenvalue weighted by Gasteiger charge is 2.23. The minimum Gasteiger partial charge on any atom is -0.496 e. The number of carbonyl (C=O) groups excluding carboxylic acids is 1. The van der Waals surface area contributed by atoms with E-state index in [0.29, 0.717) is 29.7 Å². The van der Waals surface area contributed by atoms with Crippen LogP contribution in [0.2, 0.25) is 0 Å². The van der Waals surface area contributed by atoms with Crippen LogP contribution >= 0.6 is 0 Å². The van der Waals surface area contributed by atoms with Gasteiger partial charge in [-0.25, -0.2) is 8.42 Å². The van der Waals surface area contributed by atoms with Crippen LogP contribution in [0.3, 0.4) is 0 Å². The van der Waals surface area contributed by atoms with Crippen LogP contribution in [-0.4, -0.2) is 62.4 Å². The van der Waals surface area contributed by atoms with E-state index in [-0.39, 0.29) is 16.6 Å². The number of methoxy groups -OCH3 is 1. The summed E-state index contributed by atoms with van der Waals surface area (Å²) in [5.41, 5.74) is 4.02. The second kappa shape index (κ2) is 10.9. The van der Waals surface area contributed by atoms with E-state index < -0.39 is 9.84 Å². The van der Waals surface area contributed by atoms with E-state index in [2.05, 4.69) is 22.0 Å². The molecular weight excluding hydrogens is 498 g/mol. The zero-order valence-electron chi connectivity index (χ0n) is 21.6. The Morgan fingerprint density at radius 1 is 0.921 bits per heavy atom. The highest BCUT2D eigenvalue weighted by molar-refractivity contribution is 7.90. The summed E-state index contributed by atoms with van der Waals surface area (Å²) in [6.45, 7) is 5.78. The van der Waals surface area contributed by atoms with Gasteiger partial charge in [0.05, 0.1) is 23.3 Å². The number of nitrogens with zero attached hydrogens (tertiary/aromatic N) is 3. The molecule has 7 nitrogen and oxygen atoms in total. The molecule has 0 radical (unpaired) electrons. The molecule has 38 heavy (non-hydrogen) atoms. The van der Waals surface area contributed by atoms with Gasteiger partial charge in [-0.05, 0) is 53.9 Å². The number of hydrogen-bond donors (Lipinski definition) is 0. The number of amides is 1. The highest BCUT2D eigenvalue weighted by atomic mass is 32.2. The van der Waals surface area contributed by atoms with Gasteiger partial charge in [0.2, 0.25) is 0 Å². The lowest BCUT2D eigenvalue weighted by molar-refractivity contribution is 0.0628. The molecule has 4 aromatic rings. The minimum atomic E-state index is -3.60. The van der Waals surface area contributed by atoms with Crippen LogP contribution in [0.4, 0.5) is 0 Å². The largest absolute Gasteiger partial charge is 0.496 e. The Bertz CT molecular complexity index is 1560. The van der Waals surface area contributed by atoms with Crippen molar-refractivity contribution in [3.63, 3.8) is 0 Å². The predicted molar refractivity (Wildman–Crippen MR) is 148 cm³/mol. The fourth-order valence-electron chi connectivity index (χ4n) is 4.96. The Hall–Kier alpha value is -3.75. The van der Waals surface area contributed by atoms with Crippen LogP contribution in [0.25, 0.3) is 10.9 Å². The van der Waals surface area contributed by atoms with E-state index in [1.807, 2.05) is 30.0 Å². The number of fused-ring (bicyclic) bond motifs is 1. The van der Waals surface area contributed by atoms with E-state index in [1.54, 1.807) is 55.8 Å². The number of para-hydroxylation sites is 1. The molecule has 0 N–H and O–H groups in total. The molecule has 1 amide bonds. The maximum absolute atomic E-state index is 13.2. The molecule has 196 valence electrons. The van der Waals surface area contributed by atoms with Crippen LogP contribution in [0.1, 0.15) is 27.0 Å². The van der Waals surface area contributed by atoms with Gasteiger partial charge in [0.25, 0.3) is 5.91 Å². The molecule has 2 heterocycles. The number of sulfone groups is 1. The molecule has 1 aliphatic rings. The van der Waals surface area contributed by atoms with Crippen LogP contribution in [0.15, 0.2) is 83.9 Å². The van der Waals surface area contributed by atoms with Gasteiger partial charge in [0, 0.05) is 49.9 Å². The van der Waals surface area contributed by atoms with Gasteiger partial charge in [0.15, 0.2) is 9.84 Å². The van der Waals surface area contributed by atoms with Crippen LogP contribution in [-0.2, 0) is 22.1 Å². The van der Waals surface area contributed by atoms with Crippen LogP contribution in [0, 0.1) is 6.92 Å². The molecule has 0 saturated carbocycles. The summed E-state index contributed by atoms with van der Waals surface area (Å²) in [7, 11) is -1.92. The summed E-state index contributed by atoms with van der Waals surface area (Å²) in [6, 6.07) is 21.9. The number of rotatable bonds is 7. The Kier molecular flexibility index (Phi) is 7.44. The summed E-state index contributed by atoms with van der Waals surface area (Å²) in [5.74, 6) is 0.705. The van der Waals surface area contributed by atoms with E-state index in [0.717, 1.165) is 36.3 Å². The van der Waals surface area contributed by atoms with Gasteiger partial charge in [-0.15, -0.1) is 0 Å². The molecule has 5 rings (SSSR count). The van der Waals surface area contributed by atoms with Crippen LogP contribution in [0.5, 0.6) is 5.75 Å². The molecule has 1 aliphatic heterocycles. The van der Waals surface area contributed by atoms with Gasteiger partial charge >= 0.3 is 0 Å². The third-order valence-corrected chi connectivity index (χ3v) is 8.73. The molecule has 0 spiro atoms. The minimum absolute atomic E-state index is 0.0300. The van der Waals surface area contributed by atoms with Crippen molar-refractivity contribution < 1.29 is 17.9 Å². The van der Waals surface area contributed by atoms with Crippen molar-refractivity contribution in [1.82, 2.24) is 14.8 Å². The summed E-state index contributed by atoms with van der Waals surface area (Å²) < 4.78 is 31.7. The maximum Gasteiger partial charge on any atom is 0.253 e. The Balaban J connectivity index is 1.20. The summed E-state index contributed by atoms with van der Waals surface area (Å²) in [5, 5.41) is 0.786. The zero-order valence-corrected chi connectivity index (χ0v) is 22.4. The Morgan fingerprint density at radius 2 is 1.63 bits per heavy atom. The lowest BCUT2D eigenvalue weighted by Crippen LogP contribution is -2.48. The number of pyridine rings is 1. The van der Waals surface area contributed by atoms with E-state index in [1.165, 1.54) is 5.56 Å². The molecule has 1 fully saturated rings. The Labute approximate surface area is 223 Å². The second-order valence-electron chi connectivity index (χ2n) is 9.66. The normalized spacial score (nSPS) is 14.5. The number of ether oxygens (including phenoxy) is 1. The molecule has 0 atom stereocenters. The van der Waals surface area contributed by atoms with Gasteiger partial charge in [-0.3, -0.25) is 14.7 Å². The molecular formula is C30H31N3O4S. The fourth-order valence-corrected chi connectivity index (χ4v) is 6.49. The van der Waals surface area contributed by atoms with E-state index in [4.69, 9.17) is 4.74 Å². The van der Waals surface area contributed by atoms with Gasteiger partial charge in [0.1, 0.15) is 5.75 Å². The van der Waals surface area contributed by atoms with Gasteiger partial charge in [-0.2, -0.15) is 0 Å². The van der Waals surface area contributed by atoms with Crippen molar-refractivity contribution in [3.05, 3.63) is 101 Å². The first kappa shape index (κ1) is 25.9. The van der Waals surface area contributed by atoms with Crippen molar-refractivity contribution in [2.75, 3.05) is 33.3 Å². The molecule has 8 heteroatoms. The number of hydrogen-bond acceptors (Lipinski definition) is 6. The zero-order chi connectivity index (χ0) is 26.7. The van der Waals surface area contributed by atoms with Crippen LogP contribution < -0.4 is 4.74 Å². The average molecular weight is 530 g/mol. The fraction of sp³-hybridized carbons (Fsp3) is 0.267. The molecule has 0 aliphatic carbocycles. The van der Waals surface area contributed by atoms with Gasteiger partial charge in [-0.1, -0.05) is 42.5 Å². The lowest BCUT2D eigenvalue weighted by Gasteiger charge is -2.35. The lowest BCUT2D eigenvalue weighted by atomic mass is 10.1. The maximum atomic E-state index is 13.2. The number of aryl methyl sites for hydroxylation is 1. The standard InChI is InChI=1S/C30H31N3O4S/c1-22-19-24(10-13-27(22)37-2)20-32-15-17-33(18-16-32)30(34)26-11-8-23(9-12-26)21-38(35,36)28-7-3-5-25-6-4-14-31-29(25)28/h3-14,19H,15-18,20-21H2,1-2H3. The number of carbonyl (C=O) groups is 1. The molecule has 0 bridgehead atoms. The monoisotopic (exact) mass is 529 g/mol. The topological polar surface area (TPSA) is 79.8 Å². The summed E-state index contributed by atoms with van der Waals surface area (Å²) in [6.07, 6.45) is 1.60. The summed E-state index contributed by atoms with van der Waals surface area (Å²) >= 11 is 0. The first-order valence-corrected chi connectivity index (χ1v) is 14.3. The number of piperazine rings is 1. The highest BCUT2D eigenvalue weighted by Crippen LogP contribution is 2.25. The van der Waals surface area contributed by atoms with Crippen molar-refractivity contribution >= 4 is 26.6 Å². The number of aromatic nitrogens is 1. The molecule has 3 aromatic carbocycles. The molecule has 0 unspecified atom stereocenters. The number of benzene rings is 3. The van der Waals surface area contributed by atoms with Crippen molar-refractivity contribution in [3.8, 4) is 5.75 Å². The van der Waals surface area contributed by atoms with Crippen molar-refractivity contribution in [1.29, 1.82) is 0 Å². The predicted octanol–water partition coefficient (Wildman–Crippen LogP) is 4.48. The SMILES string of the molecule is COc1ccc(CN2CCN(C(=O)c3ccc(CS(=O)(=O)c4cccc5cccnc45)cc3)CC2)cc1C. The first-order chi connectivity index (χ1) is 18.3. The first-order valence-electron chi connectivity index (χ1n) is 12.6. The van der Waals surface area contributed by atoms with Crippen molar-refractivity contribution in [2.24, 2.45) is 0 Å². The third kappa shape index (κ3) is 5.56. The quantitative estimate of drug-likeness (QED) is 0.351.